The maximum Gasteiger partial charge on any atom is 0.250 e. The number of aliphatic hydroxyl groups is 2. The van der Waals surface area contributed by atoms with E-state index in [0.717, 1.165) is 24.3 Å². The highest BCUT2D eigenvalue weighted by atomic mass is 19.1. The second-order valence-electron chi connectivity index (χ2n) is 15.7. The number of anilines is 2. The number of aliphatic hydroxyl groups excluding tert-OH is 2. The van der Waals surface area contributed by atoms with E-state index in [4.69, 9.17) is 20.3 Å². The van der Waals surface area contributed by atoms with Gasteiger partial charge in [0.2, 0.25) is 11.8 Å². The molecule has 0 bridgehead atoms. The molecule has 8 rings (SSSR count). The van der Waals surface area contributed by atoms with Crippen molar-refractivity contribution < 1.29 is 46.2 Å². The Morgan fingerprint density at radius 1 is 0.586 bits per heavy atom. The highest BCUT2D eigenvalue weighted by Gasteiger charge is 2.25. The molecule has 18 nitrogen and oxygen atoms in total. The average Bonchev–Trinajstić information content (AvgIpc) is 4.06. The molecule has 0 spiro atoms. The van der Waals surface area contributed by atoms with E-state index in [-0.39, 0.29) is 119 Å². The van der Waals surface area contributed by atoms with Gasteiger partial charge in [0.1, 0.15) is 58.6 Å². The largest absolute Gasteiger partial charge is 0.443 e. The number of nitrogen functional groups attached to an aromatic ring is 2. The van der Waals surface area contributed by atoms with E-state index in [2.05, 4.69) is 29.9 Å². The van der Waals surface area contributed by atoms with Crippen molar-refractivity contribution in [1.82, 2.24) is 39.0 Å². The van der Waals surface area contributed by atoms with Crippen LogP contribution in [0.1, 0.15) is 58.8 Å². The Morgan fingerprint density at radius 2 is 0.957 bits per heavy atom. The first-order chi connectivity index (χ1) is 33.5. The standard InChI is InChI=1S/2C24H21F2N5O4/c2*1-13(32)11-31-12-14(5-8-19(31)34)20-22(24-28-9-10-35-24)30-23(27)21(29-20)18(33)7-6-15-16(25)3-2-4-17(15)26/h2*2-5,8-10,12-13,32H,6-7,11H2,1H3,(H2,27,30). The van der Waals surface area contributed by atoms with Gasteiger partial charge in [0.05, 0.1) is 37.7 Å². The number of carbonyl (C=O) groups is 2. The van der Waals surface area contributed by atoms with Gasteiger partial charge in [0.15, 0.2) is 34.6 Å². The molecule has 0 saturated heterocycles. The van der Waals surface area contributed by atoms with Crippen LogP contribution in [0.15, 0.2) is 116 Å². The molecule has 6 aromatic heterocycles. The van der Waals surface area contributed by atoms with E-state index < -0.39 is 47.0 Å². The van der Waals surface area contributed by atoms with Gasteiger partial charge in [-0.2, -0.15) is 0 Å². The normalized spacial score (nSPS) is 12.0. The molecular formula is C48H42F4N10O8. The molecule has 0 aliphatic carbocycles. The van der Waals surface area contributed by atoms with E-state index in [1.807, 2.05) is 0 Å². The zero-order chi connectivity index (χ0) is 50.2. The quantitative estimate of drug-likeness (QED) is 0.0635. The summed E-state index contributed by atoms with van der Waals surface area (Å²) >= 11 is 0. The highest BCUT2D eigenvalue weighted by Crippen LogP contribution is 2.32. The van der Waals surface area contributed by atoms with Gasteiger partial charge in [-0.25, -0.2) is 47.5 Å². The van der Waals surface area contributed by atoms with E-state index in [1.165, 1.54) is 96.7 Å². The SMILES string of the molecule is CC(O)Cn1cc(-c2nc(C(=O)CCc3c(F)cccc3F)c(N)nc2-c2ncco2)ccc1=O.CC(O)Cn1cc(-c2nc(C(=O)CCc3c(F)cccc3F)c(N)nc2-c2ncco2)ccc1=O. The molecule has 0 saturated carbocycles. The van der Waals surface area contributed by atoms with E-state index >= 15 is 0 Å². The maximum absolute atomic E-state index is 14.0. The van der Waals surface area contributed by atoms with Crippen molar-refractivity contribution in [3.8, 4) is 45.7 Å². The number of aromatic nitrogens is 8. The second-order valence-corrected chi connectivity index (χ2v) is 15.7. The Morgan fingerprint density at radius 3 is 1.29 bits per heavy atom. The van der Waals surface area contributed by atoms with Gasteiger partial charge < -0.3 is 39.6 Å². The van der Waals surface area contributed by atoms with Crippen molar-refractivity contribution >= 4 is 23.2 Å². The summed E-state index contributed by atoms with van der Waals surface area (Å²) in [4.78, 5) is 75.8. The molecule has 2 aromatic carbocycles. The lowest BCUT2D eigenvalue weighted by atomic mass is 10.0. The van der Waals surface area contributed by atoms with Gasteiger partial charge in [-0.3, -0.25) is 19.2 Å². The number of hydrogen-bond donors (Lipinski definition) is 4. The zero-order valence-electron chi connectivity index (χ0n) is 37.2. The summed E-state index contributed by atoms with van der Waals surface area (Å²) in [7, 11) is 0. The third kappa shape index (κ3) is 11.4. The van der Waals surface area contributed by atoms with Crippen LogP contribution in [0.5, 0.6) is 0 Å². The van der Waals surface area contributed by atoms with Crippen LogP contribution in [0.25, 0.3) is 45.7 Å². The van der Waals surface area contributed by atoms with Gasteiger partial charge in [-0.1, -0.05) is 12.1 Å². The fourth-order valence-electron chi connectivity index (χ4n) is 7.14. The van der Waals surface area contributed by atoms with E-state index in [1.54, 1.807) is 0 Å². The van der Waals surface area contributed by atoms with Crippen molar-refractivity contribution in [2.45, 2.75) is 64.8 Å². The smallest absolute Gasteiger partial charge is 0.250 e. The molecular weight excluding hydrogens is 921 g/mol. The van der Waals surface area contributed by atoms with Crippen LogP contribution < -0.4 is 22.6 Å². The first-order valence-electron chi connectivity index (χ1n) is 21.3. The summed E-state index contributed by atoms with van der Waals surface area (Å²) in [5, 5.41) is 19.4. The first-order valence-corrected chi connectivity index (χ1v) is 21.3. The maximum atomic E-state index is 14.0. The third-order valence-electron chi connectivity index (χ3n) is 10.4. The van der Waals surface area contributed by atoms with Crippen molar-refractivity contribution in [3.05, 3.63) is 164 Å². The van der Waals surface area contributed by atoms with Gasteiger partial charge in [-0.05, 0) is 63.1 Å². The van der Waals surface area contributed by atoms with Gasteiger partial charge in [-0.15, -0.1) is 0 Å². The van der Waals surface area contributed by atoms with E-state index in [0.29, 0.717) is 11.1 Å². The Balaban J connectivity index is 0.000000206. The average molecular weight is 963 g/mol. The molecule has 360 valence electrons. The fourth-order valence-corrected chi connectivity index (χ4v) is 7.14. The number of carbonyl (C=O) groups excluding carboxylic acids is 2. The van der Waals surface area contributed by atoms with Crippen molar-refractivity contribution in [3.63, 3.8) is 0 Å². The lowest BCUT2D eigenvalue weighted by Crippen LogP contribution is -2.24. The lowest BCUT2D eigenvalue weighted by Gasteiger charge is -2.13. The molecule has 0 fully saturated rings. The number of benzene rings is 2. The molecule has 2 atom stereocenters. The Labute approximate surface area is 394 Å². The molecule has 6 N–H and O–H groups in total. The Bertz CT molecular complexity index is 3050. The summed E-state index contributed by atoms with van der Waals surface area (Å²) in [6, 6.07) is 12.5. The van der Waals surface area contributed by atoms with Crippen LogP contribution in [-0.4, -0.2) is 73.0 Å². The molecule has 0 aliphatic rings. The van der Waals surface area contributed by atoms with Crippen LogP contribution in [0.4, 0.5) is 29.2 Å². The van der Waals surface area contributed by atoms with Gasteiger partial charge in [0, 0.05) is 59.6 Å². The summed E-state index contributed by atoms with van der Waals surface area (Å²) in [6.45, 7) is 3.14. The van der Waals surface area contributed by atoms with E-state index in [9.17, 15) is 47.0 Å². The van der Waals surface area contributed by atoms with Crippen LogP contribution in [0.3, 0.4) is 0 Å². The Hall–Kier alpha value is -8.50. The van der Waals surface area contributed by atoms with Crippen LogP contribution in [0.2, 0.25) is 0 Å². The van der Waals surface area contributed by atoms with Crippen LogP contribution >= 0.6 is 0 Å². The minimum Gasteiger partial charge on any atom is -0.443 e. The Kier molecular flexibility index (Phi) is 15.3. The lowest BCUT2D eigenvalue weighted by molar-refractivity contribution is 0.0970. The molecule has 0 aliphatic heterocycles. The number of pyridine rings is 2. The molecule has 70 heavy (non-hydrogen) atoms. The van der Waals surface area contributed by atoms with Crippen molar-refractivity contribution in [2.24, 2.45) is 0 Å². The predicted octanol–water partition coefficient (Wildman–Crippen LogP) is 6.03. The molecule has 6 heterocycles. The number of nitrogens with two attached hydrogens (primary N) is 2. The second kappa shape index (κ2) is 21.6. The molecule has 22 heteroatoms. The minimum atomic E-state index is -0.789. The number of nitrogens with zero attached hydrogens (tertiary/aromatic N) is 8. The van der Waals surface area contributed by atoms with Crippen LogP contribution in [0, 0.1) is 23.3 Å². The number of halogens is 4. The zero-order valence-corrected chi connectivity index (χ0v) is 37.2. The van der Waals surface area contributed by atoms with Crippen molar-refractivity contribution in [1.29, 1.82) is 0 Å². The van der Waals surface area contributed by atoms with Crippen molar-refractivity contribution in [2.75, 3.05) is 11.5 Å². The molecule has 2 unspecified atom stereocenters. The third-order valence-corrected chi connectivity index (χ3v) is 10.4. The number of ketones is 2. The summed E-state index contributed by atoms with van der Waals surface area (Å²) in [5.41, 5.74) is 11.9. The first kappa shape index (κ1) is 49.4. The predicted molar refractivity (Wildman–Crippen MR) is 245 cm³/mol. The summed E-state index contributed by atoms with van der Waals surface area (Å²) in [5.74, 6) is -4.41. The minimum absolute atomic E-state index is 0.0312. The number of rotatable bonds is 16. The van der Waals surface area contributed by atoms with Gasteiger partial charge >= 0.3 is 0 Å². The summed E-state index contributed by atoms with van der Waals surface area (Å²) < 4.78 is 69.2. The fraction of sp³-hybridized carbons (Fsp3) is 0.208. The molecule has 0 amide bonds. The number of oxazole rings is 2. The van der Waals surface area contributed by atoms with Gasteiger partial charge in [0.25, 0.3) is 11.1 Å². The monoisotopic (exact) mass is 962 g/mol. The number of Topliss-reactive ketones (excluding diaryl/α,β-unsaturated/α-hetero) is 2. The highest BCUT2D eigenvalue weighted by molar-refractivity contribution is 6.00. The topological polar surface area (TPSA) is 274 Å². The summed E-state index contributed by atoms with van der Waals surface area (Å²) in [6.07, 6.45) is 5.86. The number of hydrogen-bond acceptors (Lipinski definition) is 16. The molecule has 0 radical (unpaired) electrons. The molecule has 8 aromatic rings. The van der Waals surface area contributed by atoms with Crippen LogP contribution in [-0.2, 0) is 25.9 Å².